The fraction of sp³-hybridized carbons (Fsp3) is 0.750. The first-order chi connectivity index (χ1) is 9.88. The molecule has 1 saturated heterocycles. The van der Waals surface area contributed by atoms with Gasteiger partial charge in [-0.05, 0) is 19.0 Å². The summed E-state index contributed by atoms with van der Waals surface area (Å²) in [5.74, 6) is -0.628. The zero-order valence-corrected chi connectivity index (χ0v) is 11.5. The number of fused-ring (bicyclic) bond motifs is 1. The van der Waals surface area contributed by atoms with E-state index in [1.54, 1.807) is 4.90 Å². The van der Waals surface area contributed by atoms with Crippen LogP contribution < -0.4 is 5.32 Å². The van der Waals surface area contributed by atoms with Crippen molar-refractivity contribution in [1.82, 2.24) is 25.0 Å². The molecule has 0 spiro atoms. The molecule has 1 amide bonds. The Hall–Kier alpha value is -1.64. The second-order valence-electron chi connectivity index (χ2n) is 5.56. The van der Waals surface area contributed by atoms with Crippen molar-refractivity contribution in [3.8, 4) is 0 Å². The van der Waals surface area contributed by atoms with Crippen molar-refractivity contribution in [3.63, 3.8) is 0 Å². The Balaban J connectivity index is 1.73. The molecular formula is C12H16F3N5O. The molecule has 0 saturated carbocycles. The van der Waals surface area contributed by atoms with Crippen LogP contribution in [0.5, 0.6) is 0 Å². The monoisotopic (exact) mass is 303 g/mol. The summed E-state index contributed by atoms with van der Waals surface area (Å²) in [5, 5.41) is 9.90. The summed E-state index contributed by atoms with van der Waals surface area (Å²) in [4.78, 5) is 13.9. The third-order valence-corrected chi connectivity index (χ3v) is 4.23. The Kier molecular flexibility index (Phi) is 3.39. The van der Waals surface area contributed by atoms with E-state index in [0.29, 0.717) is 5.92 Å². The van der Waals surface area contributed by atoms with Crippen molar-refractivity contribution in [2.45, 2.75) is 26.2 Å². The Labute approximate surface area is 119 Å². The summed E-state index contributed by atoms with van der Waals surface area (Å²) in [6.45, 7) is 3.93. The van der Waals surface area contributed by atoms with E-state index in [1.807, 2.05) is 6.92 Å². The van der Waals surface area contributed by atoms with Gasteiger partial charge in [0, 0.05) is 19.0 Å². The topological polar surface area (TPSA) is 63.1 Å². The molecule has 1 aromatic rings. The zero-order valence-electron chi connectivity index (χ0n) is 11.5. The van der Waals surface area contributed by atoms with Crippen molar-refractivity contribution in [3.05, 3.63) is 11.6 Å². The summed E-state index contributed by atoms with van der Waals surface area (Å²) in [7, 11) is 0. The Bertz CT molecular complexity index is 552. The number of halogens is 3. The van der Waals surface area contributed by atoms with Crippen molar-refractivity contribution >= 4 is 5.91 Å². The van der Waals surface area contributed by atoms with Crippen molar-refractivity contribution in [1.29, 1.82) is 0 Å². The van der Waals surface area contributed by atoms with E-state index < -0.39 is 12.0 Å². The van der Waals surface area contributed by atoms with Gasteiger partial charge >= 0.3 is 6.18 Å². The van der Waals surface area contributed by atoms with Gasteiger partial charge in [0.2, 0.25) is 11.7 Å². The fourth-order valence-corrected chi connectivity index (χ4v) is 2.71. The maximum atomic E-state index is 12.7. The molecule has 0 radical (unpaired) electrons. The SMILES string of the molecule is CC(C(=O)N1CCn2c(nnc2C(F)(F)F)C1)C1CNC1. The van der Waals surface area contributed by atoms with Crippen LogP contribution in [0.1, 0.15) is 18.6 Å². The number of hydrogen-bond donors (Lipinski definition) is 1. The number of rotatable bonds is 2. The summed E-state index contributed by atoms with van der Waals surface area (Å²) >= 11 is 0. The molecular weight excluding hydrogens is 287 g/mol. The quantitative estimate of drug-likeness (QED) is 0.864. The molecule has 0 aromatic carbocycles. The smallest absolute Gasteiger partial charge is 0.333 e. The average Bonchev–Trinajstić information content (AvgIpc) is 2.78. The van der Waals surface area contributed by atoms with Crippen LogP contribution in [0.3, 0.4) is 0 Å². The molecule has 116 valence electrons. The molecule has 0 aliphatic carbocycles. The molecule has 6 nitrogen and oxygen atoms in total. The van der Waals surface area contributed by atoms with Gasteiger partial charge in [0.15, 0.2) is 5.82 Å². The molecule has 2 aliphatic rings. The average molecular weight is 303 g/mol. The number of nitrogens with zero attached hydrogens (tertiary/aromatic N) is 4. The van der Waals surface area contributed by atoms with Crippen LogP contribution in [0.2, 0.25) is 0 Å². The van der Waals surface area contributed by atoms with Crippen LogP contribution in [0.25, 0.3) is 0 Å². The van der Waals surface area contributed by atoms with Crippen LogP contribution in [0, 0.1) is 11.8 Å². The summed E-state index contributed by atoms with van der Waals surface area (Å²) in [6.07, 6.45) is -4.51. The van der Waals surface area contributed by atoms with Gasteiger partial charge in [-0.1, -0.05) is 6.92 Å². The lowest BCUT2D eigenvalue weighted by Crippen LogP contribution is -2.51. The highest BCUT2D eigenvalue weighted by atomic mass is 19.4. The molecule has 1 N–H and O–H groups in total. The van der Waals surface area contributed by atoms with Gasteiger partial charge in [-0.15, -0.1) is 10.2 Å². The van der Waals surface area contributed by atoms with Crippen molar-refractivity contribution < 1.29 is 18.0 Å². The summed E-state index contributed by atoms with van der Waals surface area (Å²) in [6, 6.07) is 0. The first-order valence-corrected chi connectivity index (χ1v) is 6.86. The van der Waals surface area contributed by atoms with Crippen molar-refractivity contribution in [2.24, 2.45) is 11.8 Å². The van der Waals surface area contributed by atoms with Gasteiger partial charge in [-0.2, -0.15) is 13.2 Å². The van der Waals surface area contributed by atoms with Gasteiger partial charge in [0.05, 0.1) is 6.54 Å². The number of alkyl halides is 3. The molecule has 3 rings (SSSR count). The minimum absolute atomic E-state index is 0.0238. The van der Waals surface area contributed by atoms with Crippen LogP contribution in [-0.4, -0.2) is 45.2 Å². The zero-order chi connectivity index (χ0) is 15.2. The first-order valence-electron chi connectivity index (χ1n) is 6.86. The summed E-state index contributed by atoms with van der Waals surface area (Å²) < 4.78 is 39.3. The molecule has 1 atom stereocenters. The molecule has 21 heavy (non-hydrogen) atoms. The fourth-order valence-electron chi connectivity index (χ4n) is 2.71. The molecule has 9 heteroatoms. The highest BCUT2D eigenvalue weighted by Crippen LogP contribution is 2.30. The van der Waals surface area contributed by atoms with Crippen LogP contribution in [0.15, 0.2) is 0 Å². The molecule has 1 unspecified atom stereocenters. The third-order valence-electron chi connectivity index (χ3n) is 4.23. The van der Waals surface area contributed by atoms with Crippen LogP contribution >= 0.6 is 0 Å². The van der Waals surface area contributed by atoms with E-state index in [9.17, 15) is 18.0 Å². The normalized spacial score (nSPS) is 20.9. The Morgan fingerprint density at radius 3 is 2.62 bits per heavy atom. The molecule has 1 fully saturated rings. The number of amides is 1. The van der Waals surface area contributed by atoms with E-state index in [4.69, 9.17) is 0 Å². The predicted molar refractivity (Wildman–Crippen MR) is 66.0 cm³/mol. The van der Waals surface area contributed by atoms with Gasteiger partial charge in [0.25, 0.3) is 0 Å². The van der Waals surface area contributed by atoms with Gasteiger partial charge in [0.1, 0.15) is 0 Å². The molecule has 0 bridgehead atoms. The standard InChI is InChI=1S/C12H16F3N5O/c1-7(8-4-16-5-8)10(21)19-2-3-20-9(6-19)17-18-11(20)12(13,14)15/h7-8,16H,2-6H2,1H3. The maximum Gasteiger partial charge on any atom is 0.451 e. The number of aromatic nitrogens is 3. The van der Waals surface area contributed by atoms with Gasteiger partial charge in [-0.3, -0.25) is 4.79 Å². The van der Waals surface area contributed by atoms with E-state index >= 15 is 0 Å². The maximum absolute atomic E-state index is 12.7. The van der Waals surface area contributed by atoms with Gasteiger partial charge < -0.3 is 14.8 Å². The number of hydrogen-bond acceptors (Lipinski definition) is 4. The second-order valence-corrected chi connectivity index (χ2v) is 5.56. The van der Waals surface area contributed by atoms with Crippen molar-refractivity contribution in [2.75, 3.05) is 19.6 Å². The van der Waals surface area contributed by atoms with E-state index in [2.05, 4.69) is 15.5 Å². The highest BCUT2D eigenvalue weighted by Gasteiger charge is 2.40. The largest absolute Gasteiger partial charge is 0.451 e. The molecule has 1 aromatic heterocycles. The van der Waals surface area contributed by atoms with E-state index in [0.717, 1.165) is 17.7 Å². The van der Waals surface area contributed by atoms with Crippen LogP contribution in [0.4, 0.5) is 13.2 Å². The molecule has 3 heterocycles. The second kappa shape index (κ2) is 4.97. The van der Waals surface area contributed by atoms with Crippen LogP contribution in [-0.2, 0) is 24.1 Å². The Morgan fingerprint density at radius 2 is 2.05 bits per heavy atom. The van der Waals surface area contributed by atoms with Gasteiger partial charge in [-0.25, -0.2) is 0 Å². The van der Waals surface area contributed by atoms with E-state index in [-0.39, 0.29) is 37.3 Å². The predicted octanol–water partition coefficient (Wildman–Crippen LogP) is 0.495. The van der Waals surface area contributed by atoms with E-state index in [1.165, 1.54) is 0 Å². The lowest BCUT2D eigenvalue weighted by Gasteiger charge is -2.36. The number of nitrogens with one attached hydrogen (secondary N) is 1. The highest BCUT2D eigenvalue weighted by molar-refractivity contribution is 5.79. The number of carbonyl (C=O) groups excluding carboxylic acids is 1. The lowest BCUT2D eigenvalue weighted by molar-refractivity contribution is -0.148. The summed E-state index contributed by atoms with van der Waals surface area (Å²) in [5.41, 5.74) is 0. The third kappa shape index (κ3) is 2.50. The Morgan fingerprint density at radius 1 is 1.33 bits per heavy atom. The molecule has 2 aliphatic heterocycles. The lowest BCUT2D eigenvalue weighted by atomic mass is 9.88. The minimum atomic E-state index is -4.51. The first kappa shape index (κ1) is 14.3. The number of carbonyl (C=O) groups is 1. The minimum Gasteiger partial charge on any atom is -0.333 e.